The van der Waals surface area contributed by atoms with Crippen LogP contribution in [0.1, 0.15) is 24.0 Å². The Morgan fingerprint density at radius 1 is 0.971 bits per heavy atom. The van der Waals surface area contributed by atoms with Crippen molar-refractivity contribution in [2.75, 3.05) is 31.6 Å². The molecule has 9 heteroatoms. The lowest BCUT2D eigenvalue weighted by Gasteiger charge is -2.11. The molecular weight excluding hydrogens is 462 g/mol. The number of ether oxygens (including phenoxy) is 1. The first kappa shape index (κ1) is 24.6. The minimum Gasteiger partial charge on any atom is -0.382 e. The van der Waals surface area contributed by atoms with E-state index in [2.05, 4.69) is 49.2 Å². The van der Waals surface area contributed by atoms with Gasteiger partial charge in [-0.2, -0.15) is 20.6 Å². The number of rotatable bonds is 13. The van der Waals surface area contributed by atoms with Gasteiger partial charge in [0.15, 0.2) is 0 Å². The summed E-state index contributed by atoms with van der Waals surface area (Å²) in [6, 6.07) is 14.1. The van der Waals surface area contributed by atoms with Gasteiger partial charge in [0, 0.05) is 41.4 Å². The first-order valence-electron chi connectivity index (χ1n) is 11.6. The molecule has 35 heavy (non-hydrogen) atoms. The number of H-pyrrole nitrogens is 1. The lowest BCUT2D eigenvalue weighted by atomic mass is 10.1. The highest BCUT2D eigenvalue weighted by Gasteiger charge is 2.08. The number of aromatic nitrogens is 4. The zero-order valence-corrected chi connectivity index (χ0v) is 20.2. The number of nitrogens with one attached hydrogen (secondary N) is 3. The molecule has 2 heterocycles. The van der Waals surface area contributed by atoms with Crippen LogP contribution in [-0.2, 0) is 17.7 Å². The van der Waals surface area contributed by atoms with E-state index < -0.39 is 0 Å². The van der Waals surface area contributed by atoms with Crippen LogP contribution in [0, 0.1) is 11.3 Å². The van der Waals surface area contributed by atoms with Crippen molar-refractivity contribution < 1.29 is 4.74 Å². The van der Waals surface area contributed by atoms with Gasteiger partial charge in [-0.1, -0.05) is 17.7 Å². The molecule has 2 aromatic heterocycles. The molecule has 0 saturated carbocycles. The average molecular weight is 490 g/mol. The molecule has 8 nitrogen and oxygen atoms in total. The number of nitrogens with zero attached hydrogens (tertiary/aromatic N) is 4. The van der Waals surface area contributed by atoms with Crippen LogP contribution in [0.15, 0.2) is 55.0 Å². The van der Waals surface area contributed by atoms with E-state index in [1.165, 1.54) is 0 Å². The van der Waals surface area contributed by atoms with E-state index in [1.54, 1.807) is 12.4 Å². The number of nitriles is 1. The van der Waals surface area contributed by atoms with Gasteiger partial charge in [0.05, 0.1) is 43.2 Å². The fourth-order valence-corrected chi connectivity index (χ4v) is 4.17. The summed E-state index contributed by atoms with van der Waals surface area (Å²) in [5.41, 5.74) is 6.08. The number of fused-ring (bicyclic) bond motifs is 1. The molecule has 0 aliphatic rings. The molecule has 4 rings (SSSR count). The van der Waals surface area contributed by atoms with Crippen LogP contribution in [0.5, 0.6) is 0 Å². The summed E-state index contributed by atoms with van der Waals surface area (Å²) in [7, 11) is 0. The number of unbranched alkanes of at least 4 members (excludes halogenated alkanes) is 1. The highest BCUT2D eigenvalue weighted by molar-refractivity contribution is 6.30. The second-order valence-corrected chi connectivity index (χ2v) is 8.65. The van der Waals surface area contributed by atoms with Crippen molar-refractivity contribution in [1.29, 1.82) is 5.26 Å². The maximum Gasteiger partial charge on any atom is 0.0677 e. The summed E-state index contributed by atoms with van der Waals surface area (Å²) >= 11 is 6.14. The monoisotopic (exact) mass is 489 g/mol. The van der Waals surface area contributed by atoms with Gasteiger partial charge in [-0.25, -0.2) is 0 Å². The van der Waals surface area contributed by atoms with Gasteiger partial charge in [-0.3, -0.25) is 5.10 Å². The predicted octanol–water partition coefficient (Wildman–Crippen LogP) is 4.74. The SMILES string of the molecule is N#CCc1cc(Cl)cc(CNCCCCOCCNc2cc(-c3ccnnc3)cc3[nH]ncc23)c1. The third-order valence-electron chi connectivity index (χ3n) is 5.56. The standard InChI is InChI=1S/C26H28ClN7O/c27-23-12-19(3-5-28)11-20(13-23)16-29-6-1-2-9-35-10-8-30-25-14-22(21-4-7-31-32-17-21)15-26-24(25)18-33-34-26/h4,7,11-15,17-18,29-30H,1-3,6,8-10,16H2,(H,33,34). The molecule has 0 unspecified atom stereocenters. The third kappa shape index (κ3) is 7.23. The van der Waals surface area contributed by atoms with Crippen LogP contribution in [0.3, 0.4) is 0 Å². The van der Waals surface area contributed by atoms with Gasteiger partial charge < -0.3 is 15.4 Å². The molecule has 0 bridgehead atoms. The van der Waals surface area contributed by atoms with Crippen molar-refractivity contribution in [3.05, 3.63) is 71.1 Å². The fraction of sp³-hybridized carbons (Fsp3) is 0.308. The van der Waals surface area contributed by atoms with Crippen LogP contribution >= 0.6 is 11.6 Å². The Kier molecular flexibility index (Phi) is 9.01. The quantitative estimate of drug-likeness (QED) is 0.232. The van der Waals surface area contributed by atoms with Crippen molar-refractivity contribution >= 4 is 28.2 Å². The normalized spacial score (nSPS) is 11.0. The van der Waals surface area contributed by atoms with E-state index in [4.69, 9.17) is 21.6 Å². The predicted molar refractivity (Wildman–Crippen MR) is 138 cm³/mol. The van der Waals surface area contributed by atoms with E-state index in [1.807, 2.05) is 30.5 Å². The van der Waals surface area contributed by atoms with E-state index in [-0.39, 0.29) is 0 Å². The van der Waals surface area contributed by atoms with Gasteiger partial charge in [-0.15, -0.1) is 0 Å². The topological polar surface area (TPSA) is 112 Å². The first-order chi connectivity index (χ1) is 17.2. The summed E-state index contributed by atoms with van der Waals surface area (Å²) in [5, 5.41) is 32.5. The largest absolute Gasteiger partial charge is 0.382 e. The molecule has 0 atom stereocenters. The Morgan fingerprint density at radius 3 is 2.74 bits per heavy atom. The number of hydrogen-bond donors (Lipinski definition) is 3. The molecule has 0 amide bonds. The van der Waals surface area contributed by atoms with Crippen molar-refractivity contribution in [1.82, 2.24) is 25.7 Å². The Balaban J connectivity index is 1.14. The average Bonchev–Trinajstić information content (AvgIpc) is 3.34. The zero-order chi connectivity index (χ0) is 24.3. The second kappa shape index (κ2) is 12.8. The number of hydrogen-bond acceptors (Lipinski definition) is 7. The summed E-state index contributed by atoms with van der Waals surface area (Å²) in [6.07, 6.45) is 7.65. The van der Waals surface area contributed by atoms with Gasteiger partial charge in [0.1, 0.15) is 0 Å². The highest BCUT2D eigenvalue weighted by Crippen LogP contribution is 2.29. The van der Waals surface area contributed by atoms with Crippen molar-refractivity contribution in [2.24, 2.45) is 0 Å². The summed E-state index contributed by atoms with van der Waals surface area (Å²) in [4.78, 5) is 0. The number of halogens is 1. The molecule has 3 N–H and O–H groups in total. The maximum atomic E-state index is 8.86. The van der Waals surface area contributed by atoms with E-state index in [0.717, 1.165) is 71.4 Å². The molecule has 0 spiro atoms. The smallest absolute Gasteiger partial charge is 0.0677 e. The molecule has 4 aromatic rings. The Labute approximate surface area is 209 Å². The Hall–Kier alpha value is -3.51. The molecule has 0 aliphatic heterocycles. The number of anilines is 1. The van der Waals surface area contributed by atoms with E-state index in [9.17, 15) is 0 Å². The molecule has 0 aliphatic carbocycles. The number of aromatic amines is 1. The summed E-state index contributed by atoms with van der Waals surface area (Å²) in [5.74, 6) is 0. The van der Waals surface area contributed by atoms with Crippen molar-refractivity contribution in [3.8, 4) is 17.2 Å². The van der Waals surface area contributed by atoms with Crippen molar-refractivity contribution in [2.45, 2.75) is 25.8 Å². The van der Waals surface area contributed by atoms with Gasteiger partial charge in [-0.05, 0) is 66.4 Å². The molecule has 180 valence electrons. The Morgan fingerprint density at radius 2 is 1.89 bits per heavy atom. The minimum atomic E-state index is 0.375. The first-order valence-corrected chi connectivity index (χ1v) is 12.0. The highest BCUT2D eigenvalue weighted by atomic mass is 35.5. The molecule has 0 saturated heterocycles. The lowest BCUT2D eigenvalue weighted by Crippen LogP contribution is -2.16. The molecule has 2 aromatic carbocycles. The second-order valence-electron chi connectivity index (χ2n) is 8.21. The van der Waals surface area contributed by atoms with Gasteiger partial charge in [0.2, 0.25) is 0 Å². The van der Waals surface area contributed by atoms with E-state index in [0.29, 0.717) is 24.6 Å². The number of benzene rings is 2. The zero-order valence-electron chi connectivity index (χ0n) is 19.4. The molecule has 0 fully saturated rings. The third-order valence-corrected chi connectivity index (χ3v) is 5.78. The Bertz CT molecular complexity index is 1270. The molecular formula is C26H28ClN7O. The van der Waals surface area contributed by atoms with Crippen LogP contribution in [0.2, 0.25) is 5.02 Å². The maximum absolute atomic E-state index is 8.86. The van der Waals surface area contributed by atoms with E-state index >= 15 is 0 Å². The van der Waals surface area contributed by atoms with Crippen LogP contribution in [0.4, 0.5) is 5.69 Å². The fourth-order valence-electron chi connectivity index (χ4n) is 3.89. The van der Waals surface area contributed by atoms with Crippen LogP contribution in [0.25, 0.3) is 22.0 Å². The lowest BCUT2D eigenvalue weighted by molar-refractivity contribution is 0.140. The van der Waals surface area contributed by atoms with Gasteiger partial charge in [0.25, 0.3) is 0 Å². The van der Waals surface area contributed by atoms with Crippen molar-refractivity contribution in [3.63, 3.8) is 0 Å². The summed E-state index contributed by atoms with van der Waals surface area (Å²) in [6.45, 7) is 3.68. The summed E-state index contributed by atoms with van der Waals surface area (Å²) < 4.78 is 5.81. The van der Waals surface area contributed by atoms with Crippen LogP contribution in [-0.4, -0.2) is 46.7 Å². The van der Waals surface area contributed by atoms with Crippen LogP contribution < -0.4 is 10.6 Å². The molecule has 0 radical (unpaired) electrons. The van der Waals surface area contributed by atoms with Gasteiger partial charge >= 0.3 is 0 Å². The minimum absolute atomic E-state index is 0.375.